The average Bonchev–Trinajstić information content (AvgIpc) is 2.99. The zero-order chi connectivity index (χ0) is 10.3. The highest BCUT2D eigenvalue weighted by Gasteiger charge is 2.26. The molecule has 0 amide bonds. The Morgan fingerprint density at radius 3 is 2.80 bits per heavy atom. The van der Waals surface area contributed by atoms with E-state index in [1.165, 1.54) is 18.9 Å². The molecular weight excluding hydrogens is 209 g/mol. The third-order valence-electron chi connectivity index (χ3n) is 2.60. The van der Waals surface area contributed by atoms with E-state index in [4.69, 9.17) is 0 Å². The molecule has 1 aliphatic carbocycles. The van der Waals surface area contributed by atoms with Crippen molar-refractivity contribution in [2.24, 2.45) is 0 Å². The molecule has 3 rings (SSSR count). The van der Waals surface area contributed by atoms with Crippen molar-refractivity contribution in [3.05, 3.63) is 40.5 Å². The first-order valence-corrected chi connectivity index (χ1v) is 5.93. The lowest BCUT2D eigenvalue weighted by atomic mass is 10.1. The SMILES string of the molecule is Fc1ccccc1-c1csc(C2CC2)n1. The van der Waals surface area contributed by atoms with Gasteiger partial charge in [0.1, 0.15) is 5.82 Å². The van der Waals surface area contributed by atoms with Crippen LogP contribution in [0.4, 0.5) is 4.39 Å². The molecule has 1 aromatic carbocycles. The Bertz CT molecular complexity index is 488. The van der Waals surface area contributed by atoms with Crippen LogP contribution in [0, 0.1) is 5.82 Å². The fourth-order valence-electron chi connectivity index (χ4n) is 1.60. The van der Waals surface area contributed by atoms with Gasteiger partial charge in [0.2, 0.25) is 0 Å². The highest BCUT2D eigenvalue weighted by Crippen LogP contribution is 2.42. The standard InChI is InChI=1S/C12H10FNS/c13-10-4-2-1-3-9(10)11-7-15-12(14-11)8-5-6-8/h1-4,7-8H,5-6H2. The lowest BCUT2D eigenvalue weighted by Crippen LogP contribution is -1.84. The summed E-state index contributed by atoms with van der Waals surface area (Å²) in [7, 11) is 0. The summed E-state index contributed by atoms with van der Waals surface area (Å²) in [4.78, 5) is 4.48. The summed E-state index contributed by atoms with van der Waals surface area (Å²) in [5.41, 5.74) is 1.39. The number of halogens is 1. The molecule has 1 nitrogen and oxygen atoms in total. The molecule has 0 saturated heterocycles. The second-order valence-electron chi connectivity index (χ2n) is 3.83. The molecule has 0 spiro atoms. The number of rotatable bonds is 2. The molecule has 1 saturated carbocycles. The minimum Gasteiger partial charge on any atom is -0.241 e. The molecule has 15 heavy (non-hydrogen) atoms. The summed E-state index contributed by atoms with van der Waals surface area (Å²) in [6.45, 7) is 0. The van der Waals surface area contributed by atoms with Gasteiger partial charge < -0.3 is 0 Å². The van der Waals surface area contributed by atoms with E-state index in [1.54, 1.807) is 23.5 Å². The fourth-order valence-corrected chi connectivity index (χ4v) is 2.59. The number of nitrogens with zero attached hydrogens (tertiary/aromatic N) is 1. The quantitative estimate of drug-likeness (QED) is 0.748. The molecule has 1 aliphatic rings. The van der Waals surface area contributed by atoms with E-state index >= 15 is 0 Å². The van der Waals surface area contributed by atoms with Crippen molar-refractivity contribution in [3.63, 3.8) is 0 Å². The second kappa shape index (κ2) is 3.42. The normalized spacial score (nSPS) is 15.5. The minimum absolute atomic E-state index is 0.190. The van der Waals surface area contributed by atoms with Gasteiger partial charge in [-0.2, -0.15) is 0 Å². The Hall–Kier alpha value is -1.22. The van der Waals surface area contributed by atoms with E-state index in [0.717, 1.165) is 10.7 Å². The third-order valence-corrected chi connectivity index (χ3v) is 3.61. The van der Waals surface area contributed by atoms with Crippen LogP contribution < -0.4 is 0 Å². The Labute approximate surface area is 91.6 Å². The summed E-state index contributed by atoms with van der Waals surface area (Å²) < 4.78 is 13.5. The zero-order valence-corrected chi connectivity index (χ0v) is 8.93. The second-order valence-corrected chi connectivity index (χ2v) is 4.71. The van der Waals surface area contributed by atoms with E-state index < -0.39 is 0 Å². The van der Waals surface area contributed by atoms with Crippen molar-refractivity contribution in [2.45, 2.75) is 18.8 Å². The maximum atomic E-state index is 13.5. The predicted molar refractivity (Wildman–Crippen MR) is 59.5 cm³/mol. The highest BCUT2D eigenvalue weighted by molar-refractivity contribution is 7.10. The van der Waals surface area contributed by atoms with Crippen LogP contribution in [-0.2, 0) is 0 Å². The first-order chi connectivity index (χ1) is 7.34. The molecule has 0 unspecified atom stereocenters. The molecule has 76 valence electrons. The number of aromatic nitrogens is 1. The summed E-state index contributed by atoms with van der Waals surface area (Å²) in [6.07, 6.45) is 2.48. The average molecular weight is 219 g/mol. The topological polar surface area (TPSA) is 12.9 Å². The van der Waals surface area contributed by atoms with Gasteiger partial charge in [-0.05, 0) is 25.0 Å². The van der Waals surface area contributed by atoms with Crippen LogP contribution in [0.15, 0.2) is 29.6 Å². The van der Waals surface area contributed by atoms with Crippen LogP contribution in [-0.4, -0.2) is 4.98 Å². The van der Waals surface area contributed by atoms with Gasteiger partial charge in [-0.1, -0.05) is 12.1 Å². The predicted octanol–water partition coefficient (Wildman–Crippen LogP) is 3.83. The Kier molecular flexibility index (Phi) is 2.06. The molecule has 1 aromatic heterocycles. The Balaban J connectivity index is 2.01. The molecule has 0 radical (unpaired) electrons. The number of hydrogen-bond donors (Lipinski definition) is 0. The lowest BCUT2D eigenvalue weighted by molar-refractivity contribution is 0.631. The molecule has 0 aliphatic heterocycles. The van der Waals surface area contributed by atoms with E-state index in [-0.39, 0.29) is 5.82 Å². The van der Waals surface area contributed by atoms with E-state index in [9.17, 15) is 4.39 Å². The van der Waals surface area contributed by atoms with Gasteiger partial charge in [-0.25, -0.2) is 9.37 Å². The monoisotopic (exact) mass is 219 g/mol. The molecule has 3 heteroatoms. The number of benzene rings is 1. The van der Waals surface area contributed by atoms with Crippen molar-refractivity contribution in [1.82, 2.24) is 4.98 Å². The van der Waals surface area contributed by atoms with Crippen LogP contribution in [0.3, 0.4) is 0 Å². The molecular formula is C12H10FNS. The summed E-state index contributed by atoms with van der Waals surface area (Å²) >= 11 is 1.65. The van der Waals surface area contributed by atoms with Crippen molar-refractivity contribution < 1.29 is 4.39 Å². The smallest absolute Gasteiger partial charge is 0.132 e. The molecule has 0 N–H and O–H groups in total. The minimum atomic E-state index is -0.190. The number of hydrogen-bond acceptors (Lipinski definition) is 2. The number of thiazole rings is 1. The summed E-state index contributed by atoms with van der Waals surface area (Å²) in [5.74, 6) is 0.459. The van der Waals surface area contributed by atoms with Crippen LogP contribution in [0.25, 0.3) is 11.3 Å². The fraction of sp³-hybridized carbons (Fsp3) is 0.250. The van der Waals surface area contributed by atoms with Gasteiger partial charge in [0, 0.05) is 16.9 Å². The molecule has 1 fully saturated rings. The van der Waals surface area contributed by atoms with Gasteiger partial charge in [-0.15, -0.1) is 11.3 Å². The van der Waals surface area contributed by atoms with Gasteiger partial charge in [0.25, 0.3) is 0 Å². The molecule has 1 heterocycles. The van der Waals surface area contributed by atoms with Crippen molar-refractivity contribution >= 4 is 11.3 Å². The first-order valence-electron chi connectivity index (χ1n) is 5.05. The van der Waals surface area contributed by atoms with E-state index in [2.05, 4.69) is 4.98 Å². The largest absolute Gasteiger partial charge is 0.241 e. The van der Waals surface area contributed by atoms with Crippen molar-refractivity contribution in [3.8, 4) is 11.3 Å². The molecule has 0 atom stereocenters. The Morgan fingerprint density at radius 1 is 1.27 bits per heavy atom. The first kappa shape index (κ1) is 9.04. The maximum absolute atomic E-state index is 13.5. The van der Waals surface area contributed by atoms with Gasteiger partial charge >= 0.3 is 0 Å². The van der Waals surface area contributed by atoms with Crippen molar-refractivity contribution in [1.29, 1.82) is 0 Å². The zero-order valence-electron chi connectivity index (χ0n) is 8.11. The van der Waals surface area contributed by atoms with Crippen LogP contribution in [0.2, 0.25) is 0 Å². The molecule has 2 aromatic rings. The van der Waals surface area contributed by atoms with Gasteiger partial charge in [0.15, 0.2) is 0 Å². The van der Waals surface area contributed by atoms with E-state index in [0.29, 0.717) is 11.5 Å². The third kappa shape index (κ3) is 1.67. The Morgan fingerprint density at radius 2 is 2.07 bits per heavy atom. The summed E-state index contributed by atoms with van der Waals surface area (Å²) in [5, 5.41) is 3.11. The van der Waals surface area contributed by atoms with Crippen LogP contribution in [0.5, 0.6) is 0 Å². The lowest BCUT2D eigenvalue weighted by Gasteiger charge is -1.97. The van der Waals surface area contributed by atoms with Gasteiger partial charge in [0.05, 0.1) is 10.7 Å². The van der Waals surface area contributed by atoms with Crippen LogP contribution >= 0.6 is 11.3 Å². The maximum Gasteiger partial charge on any atom is 0.132 e. The highest BCUT2D eigenvalue weighted by atomic mass is 32.1. The van der Waals surface area contributed by atoms with Crippen LogP contribution in [0.1, 0.15) is 23.8 Å². The van der Waals surface area contributed by atoms with E-state index in [1.807, 2.05) is 11.4 Å². The van der Waals surface area contributed by atoms with Gasteiger partial charge in [-0.3, -0.25) is 0 Å². The molecule has 0 bridgehead atoms. The summed E-state index contributed by atoms with van der Waals surface area (Å²) in [6, 6.07) is 6.80. The van der Waals surface area contributed by atoms with Crippen molar-refractivity contribution in [2.75, 3.05) is 0 Å².